The number of amides is 1. The van der Waals surface area contributed by atoms with Crippen LogP contribution in [0.25, 0.3) is 6.08 Å². The highest BCUT2D eigenvalue weighted by Crippen LogP contribution is 2.27. The summed E-state index contributed by atoms with van der Waals surface area (Å²) in [6, 6.07) is 10.9. The average molecular weight is 377 g/mol. The maximum atomic E-state index is 12.9. The molecule has 1 atom stereocenters. The molecule has 0 saturated carbocycles. The van der Waals surface area contributed by atoms with Crippen molar-refractivity contribution in [3.8, 4) is 5.75 Å². The van der Waals surface area contributed by atoms with Gasteiger partial charge in [-0.1, -0.05) is 37.8 Å². The number of methoxy groups -OCH3 is 1. The molecule has 0 bridgehead atoms. The second kappa shape index (κ2) is 9.70. The molecule has 1 amide bonds. The summed E-state index contributed by atoms with van der Waals surface area (Å²) in [6.45, 7) is 9.72. The highest BCUT2D eigenvalue weighted by molar-refractivity contribution is 5.96. The predicted molar refractivity (Wildman–Crippen MR) is 116 cm³/mol. The average Bonchev–Trinajstić information content (AvgIpc) is 2.70. The van der Waals surface area contributed by atoms with Crippen LogP contribution in [0.15, 0.2) is 54.6 Å². The Bertz CT molecular complexity index is 913. The van der Waals surface area contributed by atoms with E-state index in [-0.39, 0.29) is 5.91 Å². The van der Waals surface area contributed by atoms with Crippen LogP contribution in [0.2, 0.25) is 0 Å². The third-order valence-electron chi connectivity index (χ3n) is 4.72. The van der Waals surface area contributed by atoms with Crippen molar-refractivity contribution in [1.82, 2.24) is 5.32 Å². The van der Waals surface area contributed by atoms with Gasteiger partial charge in [-0.05, 0) is 72.4 Å². The summed E-state index contributed by atoms with van der Waals surface area (Å²) < 4.78 is 5.34. The van der Waals surface area contributed by atoms with Crippen LogP contribution in [0.4, 0.5) is 0 Å². The zero-order valence-corrected chi connectivity index (χ0v) is 17.0. The molecule has 2 rings (SSSR count). The molecule has 0 fully saturated rings. The van der Waals surface area contributed by atoms with E-state index in [1.807, 2.05) is 57.2 Å². The van der Waals surface area contributed by atoms with Crippen molar-refractivity contribution in [2.45, 2.75) is 33.2 Å². The normalized spacial score (nSPS) is 12.2. The molecule has 0 heterocycles. The number of carbonyl (C=O) groups is 1. The minimum Gasteiger partial charge on any atom is -0.496 e. The van der Waals surface area contributed by atoms with Gasteiger partial charge in [-0.3, -0.25) is 4.79 Å². The molecule has 2 aromatic carbocycles. The van der Waals surface area contributed by atoms with E-state index in [1.165, 1.54) is 6.21 Å². The number of hydrogen-bond donors (Lipinski definition) is 2. The Balaban J connectivity index is 2.42. The topological polar surface area (TPSA) is 62.2 Å². The molecule has 0 aliphatic rings. The summed E-state index contributed by atoms with van der Waals surface area (Å²) >= 11 is 0. The van der Waals surface area contributed by atoms with Crippen LogP contribution in [0.5, 0.6) is 5.75 Å². The molecular weight excluding hydrogens is 348 g/mol. The smallest absolute Gasteiger partial charge is 0.252 e. The van der Waals surface area contributed by atoms with Crippen LogP contribution < -0.4 is 10.1 Å². The largest absolute Gasteiger partial charge is 0.496 e. The van der Waals surface area contributed by atoms with Crippen molar-refractivity contribution in [1.29, 1.82) is 5.41 Å². The molecule has 1 unspecified atom stereocenters. The van der Waals surface area contributed by atoms with Crippen molar-refractivity contribution in [2.75, 3.05) is 7.11 Å². The lowest BCUT2D eigenvalue weighted by Crippen LogP contribution is -2.30. The van der Waals surface area contributed by atoms with Crippen molar-refractivity contribution in [2.24, 2.45) is 0 Å². The number of benzene rings is 2. The minimum atomic E-state index is -0.408. The predicted octanol–water partition coefficient (Wildman–Crippen LogP) is 5.41. The number of rotatable bonds is 8. The van der Waals surface area contributed by atoms with Gasteiger partial charge in [0.25, 0.3) is 5.91 Å². The lowest BCUT2D eigenvalue weighted by molar-refractivity contribution is 0.0943. The van der Waals surface area contributed by atoms with E-state index < -0.39 is 6.04 Å². The molecule has 0 aromatic heterocycles. The van der Waals surface area contributed by atoms with Crippen LogP contribution in [-0.4, -0.2) is 19.2 Å². The Kier molecular flexibility index (Phi) is 7.33. The second-order valence-corrected chi connectivity index (χ2v) is 6.67. The molecule has 0 radical (unpaired) electrons. The Hall–Kier alpha value is -3.14. The molecule has 0 spiro atoms. The molecule has 0 aliphatic carbocycles. The van der Waals surface area contributed by atoms with Gasteiger partial charge in [0.1, 0.15) is 5.75 Å². The minimum absolute atomic E-state index is 0.180. The molecule has 4 heteroatoms. The first-order valence-corrected chi connectivity index (χ1v) is 9.34. The second-order valence-electron chi connectivity index (χ2n) is 6.67. The lowest BCUT2D eigenvalue weighted by atomic mass is 9.96. The third-order valence-corrected chi connectivity index (χ3v) is 4.72. The summed E-state index contributed by atoms with van der Waals surface area (Å²) in [5, 5.41) is 10.9. The first-order valence-electron chi connectivity index (χ1n) is 9.34. The van der Waals surface area contributed by atoms with Crippen LogP contribution in [0, 0.1) is 19.3 Å². The molecule has 0 saturated heterocycles. The monoisotopic (exact) mass is 376 g/mol. The van der Waals surface area contributed by atoms with Gasteiger partial charge < -0.3 is 15.5 Å². The Morgan fingerprint density at radius 2 is 1.96 bits per heavy atom. The summed E-state index contributed by atoms with van der Waals surface area (Å²) in [7, 11) is 1.64. The number of allylic oxidation sites excluding steroid dienone is 1. The van der Waals surface area contributed by atoms with Gasteiger partial charge in [-0.15, -0.1) is 0 Å². The molecule has 28 heavy (non-hydrogen) atoms. The van der Waals surface area contributed by atoms with E-state index in [4.69, 9.17) is 10.1 Å². The fourth-order valence-electron chi connectivity index (χ4n) is 3.20. The zero-order chi connectivity index (χ0) is 20.7. The van der Waals surface area contributed by atoms with Gasteiger partial charge in [-0.2, -0.15) is 0 Å². The van der Waals surface area contributed by atoms with Crippen LogP contribution >= 0.6 is 0 Å². The number of hydrogen-bond acceptors (Lipinski definition) is 3. The van der Waals surface area contributed by atoms with Gasteiger partial charge in [0.2, 0.25) is 0 Å². The van der Waals surface area contributed by atoms with Crippen LogP contribution in [-0.2, 0) is 0 Å². The molecule has 0 aliphatic heterocycles. The number of aryl methyl sites for hydroxylation is 2. The van der Waals surface area contributed by atoms with Crippen molar-refractivity contribution < 1.29 is 9.53 Å². The van der Waals surface area contributed by atoms with Gasteiger partial charge in [0, 0.05) is 11.8 Å². The van der Waals surface area contributed by atoms with Gasteiger partial charge >= 0.3 is 0 Å². The van der Waals surface area contributed by atoms with Crippen LogP contribution in [0.3, 0.4) is 0 Å². The van der Waals surface area contributed by atoms with Gasteiger partial charge in [0.15, 0.2) is 0 Å². The number of ether oxygens (including phenoxy) is 1. The van der Waals surface area contributed by atoms with E-state index in [9.17, 15) is 4.79 Å². The van der Waals surface area contributed by atoms with Gasteiger partial charge in [-0.25, -0.2) is 0 Å². The molecule has 4 nitrogen and oxygen atoms in total. The Labute approximate surface area is 167 Å². The van der Waals surface area contributed by atoms with Crippen molar-refractivity contribution >= 4 is 18.2 Å². The fraction of sp³-hybridized carbons (Fsp3) is 0.250. The maximum absolute atomic E-state index is 12.9. The third kappa shape index (κ3) is 4.77. The first kappa shape index (κ1) is 21.2. The molecule has 2 N–H and O–H groups in total. The number of carbonyl (C=O) groups excluding carboxylic acids is 1. The highest BCUT2D eigenvalue weighted by atomic mass is 16.5. The summed E-state index contributed by atoms with van der Waals surface area (Å²) in [5.74, 6) is 0.612. The quantitative estimate of drug-likeness (QED) is 0.605. The highest BCUT2D eigenvalue weighted by Gasteiger charge is 2.20. The summed E-state index contributed by atoms with van der Waals surface area (Å²) in [6.07, 6.45) is 5.82. The Morgan fingerprint density at radius 1 is 1.21 bits per heavy atom. The maximum Gasteiger partial charge on any atom is 0.252 e. The molecular formula is C24H28N2O2. The summed E-state index contributed by atoms with van der Waals surface area (Å²) in [4.78, 5) is 12.9. The van der Waals surface area contributed by atoms with E-state index in [0.717, 1.165) is 40.0 Å². The molecule has 146 valence electrons. The van der Waals surface area contributed by atoms with E-state index >= 15 is 0 Å². The Morgan fingerprint density at radius 3 is 2.50 bits per heavy atom. The van der Waals surface area contributed by atoms with Gasteiger partial charge in [0.05, 0.1) is 13.2 Å². The van der Waals surface area contributed by atoms with E-state index in [2.05, 4.69) is 11.9 Å². The van der Waals surface area contributed by atoms with Crippen molar-refractivity contribution in [3.05, 3.63) is 82.4 Å². The first-order chi connectivity index (χ1) is 13.4. The summed E-state index contributed by atoms with van der Waals surface area (Å²) in [5.41, 5.74) is 5.22. The zero-order valence-electron chi connectivity index (χ0n) is 17.0. The standard InChI is InChI=1S/C24H28N2O2/c1-6-8-21(15-25)23(19-11-12-22(28-5)17(4)14-19)26-24(27)20-10-9-18(7-2)16(3)13-20/h7-15,23,25H,2,6H2,1,3-5H3,(H,26,27)/b21-8+,25-15?. The SMILES string of the molecule is C=Cc1ccc(C(=O)NC(/C(C=N)=C/CC)c2ccc(OC)c(C)c2)cc1C. The van der Waals surface area contributed by atoms with Crippen LogP contribution in [0.1, 0.15) is 52.0 Å². The number of nitrogens with one attached hydrogen (secondary N) is 2. The molecule has 2 aromatic rings. The lowest BCUT2D eigenvalue weighted by Gasteiger charge is -2.22. The fourth-order valence-corrected chi connectivity index (χ4v) is 3.20. The van der Waals surface area contributed by atoms with E-state index in [1.54, 1.807) is 19.3 Å². The van der Waals surface area contributed by atoms with Crippen molar-refractivity contribution in [3.63, 3.8) is 0 Å². The van der Waals surface area contributed by atoms with E-state index in [0.29, 0.717) is 5.56 Å².